The number of carboxylic acid groups (broad SMARTS) is 1. The molecule has 0 spiro atoms. The summed E-state index contributed by atoms with van der Waals surface area (Å²) < 4.78 is 0. The summed E-state index contributed by atoms with van der Waals surface area (Å²) >= 11 is 0. The van der Waals surface area contributed by atoms with Crippen LogP contribution >= 0.6 is 0 Å². The zero-order valence-electron chi connectivity index (χ0n) is 19.4. The first-order valence-electron chi connectivity index (χ1n) is 10.5. The predicted molar refractivity (Wildman–Crippen MR) is 129 cm³/mol. The lowest BCUT2D eigenvalue weighted by atomic mass is 9.33. The molecule has 3 rings (SSSR count). The number of hydrogen-bond acceptors (Lipinski definition) is 1. The van der Waals surface area contributed by atoms with Crippen LogP contribution in [0.2, 0.25) is 0 Å². The topological polar surface area (TPSA) is 37.3 Å². The third-order valence-corrected chi connectivity index (χ3v) is 6.18. The van der Waals surface area contributed by atoms with Crippen molar-refractivity contribution in [3.63, 3.8) is 0 Å². The number of aromatic carboxylic acids is 1. The maximum Gasteiger partial charge on any atom is 0.335 e. The number of carboxylic acids is 1. The van der Waals surface area contributed by atoms with E-state index in [0.717, 1.165) is 11.1 Å². The second kappa shape index (κ2) is 8.14. The summed E-state index contributed by atoms with van der Waals surface area (Å²) in [5.74, 6) is -0.880. The van der Waals surface area contributed by atoms with E-state index in [4.69, 9.17) is 0 Å². The van der Waals surface area contributed by atoms with Gasteiger partial charge in [-0.15, -0.1) is 0 Å². The fraction of sp³-hybridized carbons (Fsp3) is 0.296. The monoisotopic (exact) mass is 398 g/mol. The van der Waals surface area contributed by atoms with Gasteiger partial charge in [0.15, 0.2) is 0 Å². The molecule has 3 heteroatoms. The lowest BCUT2D eigenvalue weighted by Crippen LogP contribution is -2.57. The molecule has 0 aliphatic heterocycles. The highest BCUT2D eigenvalue weighted by atomic mass is 16.4. The first-order valence-corrected chi connectivity index (χ1v) is 10.5. The smallest absolute Gasteiger partial charge is 0.335 e. The van der Waals surface area contributed by atoms with Crippen molar-refractivity contribution in [1.29, 1.82) is 0 Å². The molecule has 0 saturated carbocycles. The van der Waals surface area contributed by atoms with E-state index in [9.17, 15) is 9.90 Å². The van der Waals surface area contributed by atoms with Gasteiger partial charge in [-0.1, -0.05) is 85.2 Å². The summed E-state index contributed by atoms with van der Waals surface area (Å²) in [5.41, 5.74) is 13.9. The van der Waals surface area contributed by atoms with Crippen LogP contribution in [0.4, 0.5) is 0 Å². The van der Waals surface area contributed by atoms with Crippen LogP contribution in [0.5, 0.6) is 0 Å². The number of aryl methyl sites for hydroxylation is 8. The minimum atomic E-state index is -0.880. The van der Waals surface area contributed by atoms with Gasteiger partial charge in [0.05, 0.1) is 5.56 Å². The first kappa shape index (κ1) is 21.9. The van der Waals surface area contributed by atoms with E-state index < -0.39 is 5.97 Å². The second-order valence-electron chi connectivity index (χ2n) is 8.89. The van der Waals surface area contributed by atoms with Crippen molar-refractivity contribution in [2.24, 2.45) is 0 Å². The number of carbonyl (C=O) groups is 1. The third-order valence-electron chi connectivity index (χ3n) is 6.18. The molecule has 30 heavy (non-hydrogen) atoms. The Morgan fingerprint density at radius 2 is 0.833 bits per heavy atom. The molecule has 0 atom stereocenters. The Balaban J connectivity index is 2.44. The Kier molecular flexibility index (Phi) is 5.94. The Morgan fingerprint density at radius 1 is 0.567 bits per heavy atom. The van der Waals surface area contributed by atoms with Gasteiger partial charge in [0.1, 0.15) is 0 Å². The predicted octanol–water partition coefficient (Wildman–Crippen LogP) is 4.37. The van der Waals surface area contributed by atoms with Crippen molar-refractivity contribution in [1.82, 2.24) is 0 Å². The van der Waals surface area contributed by atoms with Crippen molar-refractivity contribution in [2.75, 3.05) is 0 Å². The van der Waals surface area contributed by atoms with Crippen molar-refractivity contribution in [2.45, 2.75) is 55.4 Å². The molecule has 2 nitrogen and oxygen atoms in total. The largest absolute Gasteiger partial charge is 0.478 e. The van der Waals surface area contributed by atoms with Crippen LogP contribution < -0.4 is 16.4 Å². The Labute approximate surface area is 181 Å². The Hall–Kier alpha value is -2.81. The van der Waals surface area contributed by atoms with E-state index in [0.29, 0.717) is 5.56 Å². The highest BCUT2D eigenvalue weighted by molar-refractivity contribution is 6.97. The molecule has 0 unspecified atom stereocenters. The van der Waals surface area contributed by atoms with Gasteiger partial charge < -0.3 is 5.11 Å². The summed E-state index contributed by atoms with van der Waals surface area (Å²) in [6.07, 6.45) is 0. The number of hydrogen-bond donors (Lipinski definition) is 1. The van der Waals surface area contributed by atoms with Crippen LogP contribution in [0, 0.1) is 55.4 Å². The molecule has 0 radical (unpaired) electrons. The summed E-state index contributed by atoms with van der Waals surface area (Å²) in [6, 6.07) is 12.6. The van der Waals surface area contributed by atoms with E-state index in [2.05, 4.69) is 65.8 Å². The first-order chi connectivity index (χ1) is 14.0. The maximum atomic E-state index is 11.6. The Bertz CT molecular complexity index is 1030. The van der Waals surface area contributed by atoms with Crippen molar-refractivity contribution < 1.29 is 9.90 Å². The second-order valence-corrected chi connectivity index (χ2v) is 8.89. The SMILES string of the molecule is Cc1cc(C)c(B(c2c(C)cc(C)cc2C)c2c(C)cc(C(=O)O)cc2C)c(C)c1. The standard InChI is InChI=1S/C27H31BO2/c1-15-9-17(3)24(18(4)10-15)28(25-19(5)11-16(2)12-20(25)6)26-21(7)13-23(27(29)30)14-22(26)8/h9-14H,1-8H3,(H,29,30). The van der Waals surface area contributed by atoms with E-state index in [-0.39, 0.29) is 6.71 Å². The van der Waals surface area contributed by atoms with E-state index in [1.54, 1.807) is 0 Å². The summed E-state index contributed by atoms with van der Waals surface area (Å²) in [7, 11) is 0. The van der Waals surface area contributed by atoms with Gasteiger partial charge in [0.2, 0.25) is 6.71 Å². The highest BCUT2D eigenvalue weighted by Gasteiger charge is 2.31. The lowest BCUT2D eigenvalue weighted by Gasteiger charge is -2.27. The molecule has 0 saturated heterocycles. The normalized spacial score (nSPS) is 10.9. The zero-order chi connectivity index (χ0) is 22.3. The van der Waals surface area contributed by atoms with Gasteiger partial charge in [0, 0.05) is 0 Å². The molecule has 0 aliphatic rings. The maximum absolute atomic E-state index is 11.6. The summed E-state index contributed by atoms with van der Waals surface area (Å²) in [5, 5.41) is 9.53. The number of rotatable bonds is 4. The van der Waals surface area contributed by atoms with Gasteiger partial charge in [-0.25, -0.2) is 4.79 Å². The quantitative estimate of drug-likeness (QED) is 0.663. The van der Waals surface area contributed by atoms with Crippen LogP contribution in [0.15, 0.2) is 36.4 Å². The van der Waals surface area contributed by atoms with Crippen LogP contribution in [0.25, 0.3) is 0 Å². The molecule has 154 valence electrons. The molecule has 3 aromatic carbocycles. The van der Waals surface area contributed by atoms with Crippen LogP contribution in [-0.4, -0.2) is 17.8 Å². The van der Waals surface area contributed by atoms with Crippen LogP contribution in [-0.2, 0) is 0 Å². The third kappa shape index (κ3) is 3.94. The van der Waals surface area contributed by atoms with Crippen molar-refractivity contribution in [3.8, 4) is 0 Å². The Morgan fingerprint density at radius 3 is 1.10 bits per heavy atom. The van der Waals surface area contributed by atoms with Crippen molar-refractivity contribution >= 4 is 29.1 Å². The minimum Gasteiger partial charge on any atom is -0.478 e. The van der Waals surface area contributed by atoms with E-state index in [1.165, 1.54) is 49.8 Å². The molecule has 3 aromatic rings. The molecule has 0 aromatic heterocycles. The zero-order valence-corrected chi connectivity index (χ0v) is 19.4. The van der Waals surface area contributed by atoms with E-state index in [1.807, 2.05) is 26.0 Å². The van der Waals surface area contributed by atoms with Gasteiger partial charge in [-0.05, 0) is 67.5 Å². The summed E-state index contributed by atoms with van der Waals surface area (Å²) in [4.78, 5) is 11.6. The van der Waals surface area contributed by atoms with Gasteiger partial charge >= 0.3 is 5.97 Å². The molecule has 0 aliphatic carbocycles. The fourth-order valence-electron chi connectivity index (χ4n) is 5.28. The average molecular weight is 398 g/mol. The van der Waals surface area contributed by atoms with Gasteiger partial charge in [-0.2, -0.15) is 0 Å². The molecular weight excluding hydrogens is 367 g/mol. The fourth-order valence-corrected chi connectivity index (χ4v) is 5.28. The molecule has 0 fully saturated rings. The molecule has 1 N–H and O–H groups in total. The minimum absolute atomic E-state index is 0.0639. The van der Waals surface area contributed by atoms with Crippen molar-refractivity contribution in [3.05, 3.63) is 86.5 Å². The van der Waals surface area contributed by atoms with Gasteiger partial charge in [-0.3, -0.25) is 0 Å². The summed E-state index contributed by atoms with van der Waals surface area (Å²) in [6.45, 7) is 17.2. The molecule has 0 bridgehead atoms. The average Bonchev–Trinajstić information content (AvgIpc) is 2.58. The van der Waals surface area contributed by atoms with Crippen LogP contribution in [0.3, 0.4) is 0 Å². The number of benzene rings is 3. The molecule has 0 amide bonds. The van der Waals surface area contributed by atoms with Crippen LogP contribution in [0.1, 0.15) is 54.9 Å². The van der Waals surface area contributed by atoms with Gasteiger partial charge in [0.25, 0.3) is 0 Å². The molecular formula is C27H31BO2. The lowest BCUT2D eigenvalue weighted by molar-refractivity contribution is 0.0696. The van der Waals surface area contributed by atoms with E-state index >= 15 is 0 Å². The molecule has 0 heterocycles. The highest BCUT2D eigenvalue weighted by Crippen LogP contribution is 2.16.